The third kappa shape index (κ3) is 12.8. The van der Waals surface area contributed by atoms with Crippen LogP contribution in [0.2, 0.25) is 0 Å². The van der Waals surface area contributed by atoms with Crippen LogP contribution in [0, 0.1) is 23.2 Å². The van der Waals surface area contributed by atoms with Crippen molar-refractivity contribution in [1.29, 1.82) is 0 Å². The van der Waals surface area contributed by atoms with Crippen LogP contribution in [0.25, 0.3) is 0 Å². The van der Waals surface area contributed by atoms with Gasteiger partial charge >= 0.3 is 5.97 Å². The van der Waals surface area contributed by atoms with Crippen molar-refractivity contribution in [2.24, 2.45) is 11.3 Å². The molecule has 2 aliphatic rings. The SMILES string of the molecule is CC1=CCC(C=O)CC1.CN1CCPCC1.COC(=O)c1sc(C#CC(C)(C)C)cc1N(C)CC=O. The van der Waals surface area contributed by atoms with Crippen LogP contribution in [0.4, 0.5) is 5.69 Å². The van der Waals surface area contributed by atoms with Gasteiger partial charge in [-0.3, -0.25) is 0 Å². The quantitative estimate of drug-likeness (QED) is 0.172. The predicted octanol–water partition coefficient (Wildman–Crippen LogP) is 5.11. The number of hydrogen-bond acceptors (Lipinski definition) is 7. The Hall–Kier alpha value is -2.00. The maximum atomic E-state index is 11.8. The second kappa shape index (κ2) is 16.7. The molecule has 1 aliphatic carbocycles. The first-order chi connectivity index (χ1) is 17.0. The predicted molar refractivity (Wildman–Crippen MR) is 154 cm³/mol. The zero-order chi connectivity index (χ0) is 27.1. The molecule has 8 heteroatoms. The van der Waals surface area contributed by atoms with Gasteiger partial charge in [0.05, 0.1) is 24.2 Å². The minimum atomic E-state index is -0.411. The number of anilines is 1. The third-order valence-corrected chi connectivity index (χ3v) is 7.79. The van der Waals surface area contributed by atoms with Gasteiger partial charge in [0.25, 0.3) is 0 Å². The number of nitrogens with zero attached hydrogens (tertiary/aromatic N) is 2. The van der Waals surface area contributed by atoms with Gasteiger partial charge in [-0.05, 0) is 72.4 Å². The minimum absolute atomic E-state index is 0.107. The molecule has 200 valence electrons. The monoisotopic (exact) mass is 534 g/mol. The number of methoxy groups -OCH3 is 1. The Labute approximate surface area is 223 Å². The van der Waals surface area contributed by atoms with Crippen LogP contribution in [0.1, 0.15) is 61.5 Å². The summed E-state index contributed by atoms with van der Waals surface area (Å²) in [5.74, 6) is 6.10. The van der Waals surface area contributed by atoms with Gasteiger partial charge in [-0.2, -0.15) is 0 Å². The van der Waals surface area contributed by atoms with Crippen LogP contribution < -0.4 is 4.90 Å². The largest absolute Gasteiger partial charge is 0.465 e. The zero-order valence-electron chi connectivity index (χ0n) is 23.0. The molecule has 36 heavy (non-hydrogen) atoms. The smallest absolute Gasteiger partial charge is 0.350 e. The summed E-state index contributed by atoms with van der Waals surface area (Å²) in [6, 6.07) is 1.82. The van der Waals surface area contributed by atoms with Gasteiger partial charge < -0.3 is 24.1 Å². The number of hydrogen-bond donors (Lipinski definition) is 0. The summed E-state index contributed by atoms with van der Waals surface area (Å²) < 4.78 is 4.77. The van der Waals surface area contributed by atoms with Gasteiger partial charge in [0.1, 0.15) is 17.4 Å². The lowest BCUT2D eigenvalue weighted by atomic mass is 9.92. The highest BCUT2D eigenvalue weighted by atomic mass is 32.1. The molecule has 1 aromatic heterocycles. The molecular weight excluding hydrogens is 491 g/mol. The average Bonchev–Trinajstić information content (AvgIpc) is 3.29. The lowest BCUT2D eigenvalue weighted by Gasteiger charge is -2.20. The second-order valence-electron chi connectivity index (χ2n) is 10.1. The fourth-order valence-electron chi connectivity index (χ4n) is 3.31. The van der Waals surface area contributed by atoms with E-state index in [2.05, 4.69) is 36.8 Å². The first-order valence-electron chi connectivity index (χ1n) is 12.4. The van der Waals surface area contributed by atoms with Crippen LogP contribution in [-0.2, 0) is 14.3 Å². The second-order valence-corrected chi connectivity index (χ2v) is 12.7. The van der Waals surface area contributed by atoms with Crippen LogP contribution in [0.15, 0.2) is 17.7 Å². The number of carbonyl (C=O) groups is 3. The Kier molecular flexibility index (Phi) is 14.8. The number of thiophene rings is 1. The van der Waals surface area contributed by atoms with Crippen molar-refractivity contribution in [3.05, 3.63) is 27.5 Å². The van der Waals surface area contributed by atoms with Gasteiger partial charge in [0.2, 0.25) is 0 Å². The Morgan fingerprint density at radius 2 is 1.97 bits per heavy atom. The van der Waals surface area contributed by atoms with E-state index >= 15 is 0 Å². The fraction of sp³-hybridized carbons (Fsp3) is 0.607. The molecule has 1 saturated heterocycles. The maximum Gasteiger partial charge on any atom is 0.350 e. The number of allylic oxidation sites excluding steroid dienone is 2. The molecule has 2 heterocycles. The first-order valence-corrected chi connectivity index (χ1v) is 14.6. The van der Waals surface area contributed by atoms with Gasteiger partial charge in [-0.1, -0.05) is 23.5 Å². The summed E-state index contributed by atoms with van der Waals surface area (Å²) in [6.45, 7) is 11.1. The summed E-state index contributed by atoms with van der Waals surface area (Å²) in [6.07, 6.45) is 10.1. The van der Waals surface area contributed by atoms with Crippen LogP contribution >= 0.6 is 19.9 Å². The normalized spacial score (nSPS) is 17.5. The first kappa shape index (κ1) is 32.0. The van der Waals surface area contributed by atoms with Crippen molar-refractivity contribution in [3.63, 3.8) is 0 Å². The summed E-state index contributed by atoms with van der Waals surface area (Å²) >= 11 is 1.28. The summed E-state index contributed by atoms with van der Waals surface area (Å²) in [7, 11) is 6.54. The number of rotatable bonds is 5. The molecule has 1 atom stereocenters. The molecule has 1 aromatic rings. The number of esters is 1. The Morgan fingerprint density at radius 3 is 2.42 bits per heavy atom. The van der Waals surface area contributed by atoms with E-state index < -0.39 is 5.97 Å². The summed E-state index contributed by atoms with van der Waals surface area (Å²) in [5, 5.41) is 0. The van der Waals surface area contributed by atoms with Gasteiger partial charge in [-0.15, -0.1) is 19.9 Å². The van der Waals surface area contributed by atoms with Crippen molar-refractivity contribution in [1.82, 2.24) is 4.90 Å². The molecule has 1 unspecified atom stereocenters. The summed E-state index contributed by atoms with van der Waals surface area (Å²) in [5.41, 5.74) is 2.00. The number of likely N-dealkylation sites (N-methyl/N-ethyl adjacent to an activating group) is 1. The number of carbonyl (C=O) groups excluding carboxylic acids is 3. The van der Waals surface area contributed by atoms with E-state index in [9.17, 15) is 14.4 Å². The molecule has 0 spiro atoms. The van der Waals surface area contributed by atoms with Crippen molar-refractivity contribution in [2.75, 3.05) is 58.1 Å². The third-order valence-electron chi connectivity index (χ3n) is 5.62. The van der Waals surface area contributed by atoms with Crippen molar-refractivity contribution in [2.45, 2.75) is 47.0 Å². The molecule has 6 nitrogen and oxygen atoms in total. The van der Waals surface area contributed by atoms with Crippen LogP contribution in [0.3, 0.4) is 0 Å². The number of aldehydes is 2. The molecule has 1 aliphatic heterocycles. The van der Waals surface area contributed by atoms with Gasteiger partial charge in [0, 0.05) is 31.5 Å². The topological polar surface area (TPSA) is 66.9 Å². The molecule has 0 saturated carbocycles. The maximum absolute atomic E-state index is 11.8. The molecule has 0 radical (unpaired) electrons. The molecule has 1 fully saturated rings. The van der Waals surface area contributed by atoms with Crippen molar-refractivity contribution in [3.8, 4) is 11.8 Å². The summed E-state index contributed by atoms with van der Waals surface area (Å²) in [4.78, 5) is 38.0. The molecule has 3 rings (SSSR count). The Balaban J connectivity index is 0.000000328. The highest BCUT2D eigenvalue weighted by molar-refractivity contribution is 7.38. The van der Waals surface area contributed by atoms with E-state index in [1.807, 2.05) is 26.8 Å². The van der Waals surface area contributed by atoms with E-state index in [0.717, 1.165) is 36.7 Å². The zero-order valence-corrected chi connectivity index (χ0v) is 24.8. The van der Waals surface area contributed by atoms with E-state index in [1.165, 1.54) is 58.0 Å². The highest BCUT2D eigenvalue weighted by Crippen LogP contribution is 2.30. The standard InChI is InChI=1S/C15H19NO3S.C8H12O.C5H12NP/c1-15(2,3)7-6-11-10-12(16(4)8-9-17)13(20-11)14(18)19-5;1-7-2-4-8(6-9)5-3-7;1-6-2-4-7-5-3-6/h9-10H,8H2,1-5H3;2,6,8H,3-5H2,1H3;7H,2-5H2,1H3. The average molecular weight is 535 g/mol. The van der Waals surface area contributed by atoms with Crippen molar-refractivity contribution < 1.29 is 19.1 Å². The number of ether oxygens (including phenoxy) is 1. The molecule has 0 amide bonds. The highest BCUT2D eigenvalue weighted by Gasteiger charge is 2.19. The molecule has 0 N–H and O–H groups in total. The van der Waals surface area contributed by atoms with Gasteiger partial charge in [-0.25, -0.2) is 4.79 Å². The minimum Gasteiger partial charge on any atom is -0.465 e. The van der Waals surface area contributed by atoms with E-state index in [0.29, 0.717) is 16.5 Å². The Morgan fingerprint density at radius 1 is 1.31 bits per heavy atom. The van der Waals surface area contributed by atoms with Gasteiger partial charge in [0.15, 0.2) is 0 Å². The lowest BCUT2D eigenvalue weighted by molar-refractivity contribution is -0.111. The van der Waals surface area contributed by atoms with Crippen LogP contribution in [0.5, 0.6) is 0 Å². The van der Waals surface area contributed by atoms with E-state index in [4.69, 9.17) is 4.74 Å². The van der Waals surface area contributed by atoms with E-state index in [-0.39, 0.29) is 12.0 Å². The Bertz CT molecular complexity index is 934. The molecule has 0 bridgehead atoms. The van der Waals surface area contributed by atoms with Crippen LogP contribution in [-0.4, -0.2) is 76.6 Å². The molecule has 0 aromatic carbocycles. The lowest BCUT2D eigenvalue weighted by Crippen LogP contribution is -2.27. The molecular formula is C28H43N2O4PS. The van der Waals surface area contributed by atoms with E-state index in [1.54, 1.807) is 11.9 Å². The van der Waals surface area contributed by atoms with Crippen molar-refractivity contribution >= 4 is 44.1 Å². The fourth-order valence-corrected chi connectivity index (χ4v) is 5.62.